The maximum absolute atomic E-state index is 11.0. The predicted octanol–water partition coefficient (Wildman–Crippen LogP) is 2.34. The minimum atomic E-state index is -0.474. The lowest BCUT2D eigenvalue weighted by Gasteiger charge is -2.45. The zero-order valence-corrected chi connectivity index (χ0v) is 14.8. The number of likely N-dealkylation sites (tertiary alicyclic amines) is 1. The Morgan fingerprint density at radius 2 is 2.00 bits per heavy atom. The van der Waals surface area contributed by atoms with Gasteiger partial charge in [0.15, 0.2) is 6.61 Å². The second-order valence-electron chi connectivity index (χ2n) is 7.02. The molecule has 2 atom stereocenters. The van der Waals surface area contributed by atoms with E-state index in [2.05, 4.69) is 29.2 Å². The zero-order valence-electron chi connectivity index (χ0n) is 14.8. The summed E-state index contributed by atoms with van der Waals surface area (Å²) in [4.78, 5) is 13.5. The van der Waals surface area contributed by atoms with Gasteiger partial charge in [0.05, 0.1) is 6.04 Å². The Balaban J connectivity index is 1.64. The highest BCUT2D eigenvalue weighted by Gasteiger charge is 2.37. The van der Waals surface area contributed by atoms with Crippen molar-refractivity contribution in [2.45, 2.75) is 24.8 Å². The third-order valence-corrected chi connectivity index (χ3v) is 5.29. The first-order valence-corrected chi connectivity index (χ1v) is 9.16. The molecule has 0 radical (unpaired) electrons. The van der Waals surface area contributed by atoms with Crippen molar-refractivity contribution in [3.05, 3.63) is 59.7 Å². The molecule has 2 heterocycles. The molecule has 2 aliphatic rings. The van der Waals surface area contributed by atoms with Crippen molar-refractivity contribution >= 4 is 5.91 Å². The van der Waals surface area contributed by atoms with Crippen LogP contribution in [0.25, 0.3) is 0 Å². The zero-order chi connectivity index (χ0) is 17.9. The summed E-state index contributed by atoms with van der Waals surface area (Å²) in [7, 11) is 0. The highest BCUT2D eigenvalue weighted by molar-refractivity contribution is 5.75. The quantitative estimate of drug-likeness (QED) is 0.867. The molecule has 5 nitrogen and oxygen atoms in total. The lowest BCUT2D eigenvalue weighted by molar-refractivity contribution is -0.119. The van der Waals surface area contributed by atoms with Crippen molar-refractivity contribution in [2.24, 2.45) is 5.73 Å². The summed E-state index contributed by atoms with van der Waals surface area (Å²) in [6.07, 6.45) is 2.21. The molecule has 2 N–H and O–H groups in total. The summed E-state index contributed by atoms with van der Waals surface area (Å²) in [5, 5.41) is 0. The van der Waals surface area contributed by atoms with Crippen LogP contribution in [0.15, 0.2) is 48.5 Å². The Morgan fingerprint density at radius 3 is 2.69 bits per heavy atom. The van der Waals surface area contributed by atoms with E-state index in [1.807, 2.05) is 24.3 Å². The average molecular weight is 352 g/mol. The number of rotatable bonds is 6. The van der Waals surface area contributed by atoms with E-state index >= 15 is 0 Å². The van der Waals surface area contributed by atoms with Gasteiger partial charge in [0.1, 0.15) is 18.1 Å². The second kappa shape index (κ2) is 7.38. The molecule has 136 valence electrons. The molecule has 2 unspecified atom stereocenters. The molecule has 4 rings (SSSR count). The summed E-state index contributed by atoms with van der Waals surface area (Å²) in [6.45, 7) is 2.86. The smallest absolute Gasteiger partial charge is 0.255 e. The molecule has 2 aromatic carbocycles. The molecule has 5 heteroatoms. The van der Waals surface area contributed by atoms with Crippen molar-refractivity contribution < 1.29 is 14.3 Å². The number of ether oxygens (including phenoxy) is 2. The highest BCUT2D eigenvalue weighted by Crippen LogP contribution is 2.41. The molecular formula is C21H24N2O3. The van der Waals surface area contributed by atoms with Gasteiger partial charge in [-0.05, 0) is 49.7 Å². The Kier molecular flexibility index (Phi) is 4.80. The van der Waals surface area contributed by atoms with Crippen LogP contribution in [-0.2, 0) is 11.2 Å². The fourth-order valence-corrected chi connectivity index (χ4v) is 3.84. The van der Waals surface area contributed by atoms with Crippen molar-refractivity contribution in [3.63, 3.8) is 0 Å². The summed E-state index contributed by atoms with van der Waals surface area (Å²) < 4.78 is 11.6. The fraction of sp³-hybridized carbons (Fsp3) is 0.381. The van der Waals surface area contributed by atoms with Gasteiger partial charge >= 0.3 is 0 Å². The van der Waals surface area contributed by atoms with Crippen LogP contribution in [0.5, 0.6) is 11.5 Å². The molecule has 1 amide bonds. The van der Waals surface area contributed by atoms with E-state index in [0.29, 0.717) is 24.3 Å². The standard InChI is InChI=1S/C21H24N2O3/c22-21(24)14-25-16-7-8-20-18(12-16)17(11-15-5-2-1-3-6-15)19(13-26-20)23-9-4-10-23/h1-3,5-8,12,17,19H,4,9-11,13-14H2,(H2,22,24). The van der Waals surface area contributed by atoms with Crippen LogP contribution < -0.4 is 15.2 Å². The van der Waals surface area contributed by atoms with E-state index in [1.165, 1.54) is 12.0 Å². The number of carbonyl (C=O) groups is 1. The first-order valence-electron chi connectivity index (χ1n) is 9.16. The van der Waals surface area contributed by atoms with E-state index in [4.69, 9.17) is 15.2 Å². The Hall–Kier alpha value is -2.53. The molecule has 1 saturated heterocycles. The van der Waals surface area contributed by atoms with Gasteiger partial charge in [0.25, 0.3) is 5.91 Å². The number of hydrogen-bond acceptors (Lipinski definition) is 4. The van der Waals surface area contributed by atoms with Crippen LogP contribution in [-0.4, -0.2) is 43.2 Å². The molecule has 0 bridgehead atoms. The van der Waals surface area contributed by atoms with Crippen LogP contribution in [0.4, 0.5) is 0 Å². The highest BCUT2D eigenvalue weighted by atomic mass is 16.5. The molecular weight excluding hydrogens is 328 g/mol. The molecule has 0 aromatic heterocycles. The van der Waals surface area contributed by atoms with Crippen LogP contribution in [0, 0.1) is 0 Å². The second-order valence-corrected chi connectivity index (χ2v) is 7.02. The number of amides is 1. The maximum Gasteiger partial charge on any atom is 0.255 e. The largest absolute Gasteiger partial charge is 0.492 e. The van der Waals surface area contributed by atoms with Crippen LogP contribution >= 0.6 is 0 Å². The predicted molar refractivity (Wildman–Crippen MR) is 99.5 cm³/mol. The van der Waals surface area contributed by atoms with E-state index in [9.17, 15) is 4.79 Å². The lowest BCUT2D eigenvalue weighted by atomic mass is 9.82. The van der Waals surface area contributed by atoms with Gasteiger partial charge in [-0.2, -0.15) is 0 Å². The van der Waals surface area contributed by atoms with Gasteiger partial charge in [-0.25, -0.2) is 0 Å². The van der Waals surface area contributed by atoms with Crippen molar-refractivity contribution in [3.8, 4) is 11.5 Å². The number of primary amides is 1. The minimum Gasteiger partial charge on any atom is -0.492 e. The van der Waals surface area contributed by atoms with Crippen molar-refractivity contribution in [2.75, 3.05) is 26.3 Å². The molecule has 0 aliphatic carbocycles. The van der Waals surface area contributed by atoms with Gasteiger partial charge in [-0.15, -0.1) is 0 Å². The Bertz CT molecular complexity index is 774. The number of benzene rings is 2. The third kappa shape index (κ3) is 3.53. The van der Waals surface area contributed by atoms with E-state index < -0.39 is 5.91 Å². The normalized spacial score (nSPS) is 22.0. The average Bonchev–Trinajstić information content (AvgIpc) is 2.61. The van der Waals surface area contributed by atoms with Gasteiger partial charge < -0.3 is 15.2 Å². The van der Waals surface area contributed by atoms with Crippen molar-refractivity contribution in [1.29, 1.82) is 0 Å². The van der Waals surface area contributed by atoms with Gasteiger partial charge in [-0.3, -0.25) is 9.69 Å². The maximum atomic E-state index is 11.0. The third-order valence-electron chi connectivity index (χ3n) is 5.29. The Morgan fingerprint density at radius 1 is 1.19 bits per heavy atom. The van der Waals surface area contributed by atoms with E-state index in [1.54, 1.807) is 0 Å². The SMILES string of the molecule is NC(=O)COc1ccc2c(c1)C(Cc1ccccc1)C(N1CCC1)CO2. The monoisotopic (exact) mass is 352 g/mol. The molecule has 2 aliphatic heterocycles. The topological polar surface area (TPSA) is 64.8 Å². The molecule has 1 fully saturated rings. The summed E-state index contributed by atoms with van der Waals surface area (Å²) in [5.41, 5.74) is 7.67. The number of fused-ring (bicyclic) bond motifs is 1. The first kappa shape index (κ1) is 16.9. The van der Waals surface area contributed by atoms with Gasteiger partial charge in [0.2, 0.25) is 0 Å². The lowest BCUT2D eigenvalue weighted by Crippen LogP contribution is -2.52. The summed E-state index contributed by atoms with van der Waals surface area (Å²) >= 11 is 0. The molecule has 0 saturated carbocycles. The fourth-order valence-electron chi connectivity index (χ4n) is 3.84. The molecule has 2 aromatic rings. The number of carbonyl (C=O) groups excluding carboxylic acids is 1. The Labute approximate surface area is 153 Å². The molecule has 0 spiro atoms. The number of nitrogens with zero attached hydrogens (tertiary/aromatic N) is 1. The van der Waals surface area contributed by atoms with Crippen LogP contribution in [0.2, 0.25) is 0 Å². The number of hydrogen-bond donors (Lipinski definition) is 1. The minimum absolute atomic E-state index is 0.113. The van der Waals surface area contributed by atoms with E-state index in [-0.39, 0.29) is 6.61 Å². The van der Waals surface area contributed by atoms with E-state index in [0.717, 1.165) is 30.8 Å². The summed E-state index contributed by atoms with van der Waals surface area (Å²) in [6, 6.07) is 16.7. The first-order chi connectivity index (χ1) is 12.7. The van der Waals surface area contributed by atoms with Gasteiger partial charge in [-0.1, -0.05) is 30.3 Å². The van der Waals surface area contributed by atoms with Crippen molar-refractivity contribution in [1.82, 2.24) is 4.90 Å². The summed E-state index contributed by atoms with van der Waals surface area (Å²) in [5.74, 6) is 1.43. The number of nitrogens with two attached hydrogens (primary N) is 1. The van der Waals surface area contributed by atoms with Crippen LogP contribution in [0.3, 0.4) is 0 Å². The molecule has 26 heavy (non-hydrogen) atoms. The van der Waals surface area contributed by atoms with Crippen LogP contribution in [0.1, 0.15) is 23.5 Å². The van der Waals surface area contributed by atoms with Gasteiger partial charge in [0, 0.05) is 11.5 Å².